The van der Waals surface area contributed by atoms with E-state index in [2.05, 4.69) is 28.9 Å². The summed E-state index contributed by atoms with van der Waals surface area (Å²) in [4.78, 5) is 0. The highest BCUT2D eigenvalue weighted by molar-refractivity contribution is 9.10. The van der Waals surface area contributed by atoms with Gasteiger partial charge in [0, 0.05) is 16.1 Å². The summed E-state index contributed by atoms with van der Waals surface area (Å²) in [6, 6.07) is 6.23. The summed E-state index contributed by atoms with van der Waals surface area (Å²) >= 11 is 3.47. The molecule has 1 aliphatic rings. The second kappa shape index (κ2) is 6.07. The van der Waals surface area contributed by atoms with Gasteiger partial charge < -0.3 is 10.5 Å². The Kier molecular flexibility index (Phi) is 4.68. The number of halogens is 1. The number of nitrogens with two attached hydrogens (primary N) is 1. The number of rotatable bonds is 3. The molecule has 2 nitrogen and oxygen atoms in total. The molecule has 2 rings (SSSR count). The Morgan fingerprint density at radius 1 is 1.28 bits per heavy atom. The van der Waals surface area contributed by atoms with Crippen LogP contribution in [0.25, 0.3) is 0 Å². The van der Waals surface area contributed by atoms with Crippen LogP contribution in [0.5, 0.6) is 5.75 Å². The summed E-state index contributed by atoms with van der Waals surface area (Å²) in [6.07, 6.45) is 5.08. The minimum absolute atomic E-state index is 0.0977. The van der Waals surface area contributed by atoms with Gasteiger partial charge in [0.25, 0.3) is 0 Å². The maximum absolute atomic E-state index is 6.45. The van der Waals surface area contributed by atoms with Crippen LogP contribution < -0.4 is 10.5 Å². The summed E-state index contributed by atoms with van der Waals surface area (Å²) in [5.74, 6) is 2.35. The van der Waals surface area contributed by atoms with E-state index in [1.54, 1.807) is 7.11 Å². The van der Waals surface area contributed by atoms with E-state index < -0.39 is 0 Å². The van der Waals surface area contributed by atoms with Gasteiger partial charge in [-0.15, -0.1) is 0 Å². The largest absolute Gasteiger partial charge is 0.496 e. The number of hydrogen-bond donors (Lipinski definition) is 1. The van der Waals surface area contributed by atoms with Gasteiger partial charge in [-0.1, -0.05) is 41.8 Å². The molecule has 0 aromatic heterocycles. The molecule has 1 aliphatic carbocycles. The monoisotopic (exact) mass is 311 g/mol. The van der Waals surface area contributed by atoms with Crippen LogP contribution in [-0.2, 0) is 0 Å². The van der Waals surface area contributed by atoms with Gasteiger partial charge in [0.1, 0.15) is 5.75 Å². The molecule has 0 amide bonds. The summed E-state index contributed by atoms with van der Waals surface area (Å²) in [5, 5.41) is 0. The molecule has 2 N–H and O–H groups in total. The van der Waals surface area contributed by atoms with Crippen molar-refractivity contribution >= 4 is 15.9 Å². The highest BCUT2D eigenvalue weighted by Crippen LogP contribution is 2.38. The van der Waals surface area contributed by atoms with Crippen LogP contribution in [0.4, 0.5) is 0 Å². The Morgan fingerprint density at radius 2 is 1.94 bits per heavy atom. The van der Waals surface area contributed by atoms with E-state index in [1.807, 2.05) is 12.1 Å². The van der Waals surface area contributed by atoms with Crippen LogP contribution in [-0.4, -0.2) is 7.11 Å². The van der Waals surface area contributed by atoms with Crippen molar-refractivity contribution in [2.75, 3.05) is 7.11 Å². The van der Waals surface area contributed by atoms with Gasteiger partial charge in [-0.3, -0.25) is 0 Å². The lowest BCUT2D eigenvalue weighted by Crippen LogP contribution is -2.25. The van der Waals surface area contributed by atoms with Gasteiger partial charge in [-0.05, 0) is 36.8 Å². The van der Waals surface area contributed by atoms with Crippen molar-refractivity contribution in [3.8, 4) is 5.75 Å². The number of methoxy groups -OCH3 is 1. The molecule has 0 spiro atoms. The Balaban J connectivity index is 2.15. The normalized spacial score (nSPS) is 25.8. The Labute approximate surface area is 118 Å². The van der Waals surface area contributed by atoms with Gasteiger partial charge >= 0.3 is 0 Å². The van der Waals surface area contributed by atoms with Crippen LogP contribution in [0.15, 0.2) is 22.7 Å². The van der Waals surface area contributed by atoms with Crippen molar-refractivity contribution in [2.45, 2.75) is 38.6 Å². The first-order valence-corrected chi connectivity index (χ1v) is 7.50. The van der Waals surface area contributed by atoms with Crippen molar-refractivity contribution in [3.05, 3.63) is 28.2 Å². The predicted octanol–water partition coefficient (Wildman–Crippen LogP) is 4.28. The molecule has 18 heavy (non-hydrogen) atoms. The summed E-state index contributed by atoms with van der Waals surface area (Å²) in [6.45, 7) is 2.34. The third-order valence-corrected chi connectivity index (χ3v) is 4.62. The van der Waals surface area contributed by atoms with Crippen LogP contribution >= 0.6 is 15.9 Å². The van der Waals surface area contributed by atoms with Crippen molar-refractivity contribution < 1.29 is 4.74 Å². The van der Waals surface area contributed by atoms with E-state index in [4.69, 9.17) is 10.5 Å². The molecule has 1 saturated carbocycles. The Morgan fingerprint density at radius 3 is 2.56 bits per heavy atom. The van der Waals surface area contributed by atoms with Gasteiger partial charge in [0.15, 0.2) is 0 Å². The summed E-state index contributed by atoms with van der Waals surface area (Å²) in [5.41, 5.74) is 7.59. The highest BCUT2D eigenvalue weighted by atomic mass is 79.9. The fraction of sp³-hybridized carbons (Fsp3) is 0.600. The van der Waals surface area contributed by atoms with E-state index in [0.717, 1.165) is 21.7 Å². The molecular weight excluding hydrogens is 290 g/mol. The molecule has 1 aromatic carbocycles. The molecule has 0 aliphatic heterocycles. The fourth-order valence-electron chi connectivity index (χ4n) is 2.86. The lowest BCUT2D eigenvalue weighted by Gasteiger charge is -2.31. The first-order chi connectivity index (χ1) is 8.61. The molecular formula is C15H22BrNO. The molecule has 0 saturated heterocycles. The molecule has 1 fully saturated rings. The average molecular weight is 312 g/mol. The first kappa shape index (κ1) is 13.9. The molecule has 1 aromatic rings. The smallest absolute Gasteiger partial charge is 0.124 e. The number of benzene rings is 1. The maximum Gasteiger partial charge on any atom is 0.124 e. The van der Waals surface area contributed by atoms with Crippen molar-refractivity contribution in [1.29, 1.82) is 0 Å². The quantitative estimate of drug-likeness (QED) is 0.904. The van der Waals surface area contributed by atoms with E-state index in [1.165, 1.54) is 25.7 Å². The van der Waals surface area contributed by atoms with Crippen LogP contribution in [0.2, 0.25) is 0 Å². The highest BCUT2D eigenvalue weighted by Gasteiger charge is 2.26. The van der Waals surface area contributed by atoms with Crippen LogP contribution in [0, 0.1) is 11.8 Å². The Hall–Kier alpha value is -0.540. The first-order valence-electron chi connectivity index (χ1n) is 6.71. The lowest BCUT2D eigenvalue weighted by atomic mass is 9.77. The molecule has 100 valence electrons. The molecule has 0 radical (unpaired) electrons. The van der Waals surface area contributed by atoms with Crippen molar-refractivity contribution in [3.63, 3.8) is 0 Å². The standard InChI is InChI=1S/C15H22BrNO/c1-10-3-5-11(6-4-10)15(17)13-8-7-12(16)9-14(13)18-2/h7-11,15H,3-6,17H2,1-2H3. The van der Waals surface area contributed by atoms with E-state index in [-0.39, 0.29) is 6.04 Å². The molecule has 1 atom stereocenters. The molecule has 3 heteroatoms. The second-order valence-corrected chi connectivity index (χ2v) is 6.35. The lowest BCUT2D eigenvalue weighted by molar-refractivity contribution is 0.253. The molecule has 1 unspecified atom stereocenters. The van der Waals surface area contributed by atoms with E-state index in [0.29, 0.717) is 5.92 Å². The zero-order valence-electron chi connectivity index (χ0n) is 11.2. The van der Waals surface area contributed by atoms with Gasteiger partial charge in [-0.2, -0.15) is 0 Å². The summed E-state index contributed by atoms with van der Waals surface area (Å²) in [7, 11) is 1.71. The fourth-order valence-corrected chi connectivity index (χ4v) is 3.20. The van der Waals surface area contributed by atoms with Crippen LogP contribution in [0.3, 0.4) is 0 Å². The number of hydrogen-bond acceptors (Lipinski definition) is 2. The van der Waals surface area contributed by atoms with Gasteiger partial charge in [-0.25, -0.2) is 0 Å². The topological polar surface area (TPSA) is 35.2 Å². The van der Waals surface area contributed by atoms with Crippen molar-refractivity contribution in [1.82, 2.24) is 0 Å². The van der Waals surface area contributed by atoms with Crippen molar-refractivity contribution in [2.24, 2.45) is 17.6 Å². The SMILES string of the molecule is COc1cc(Br)ccc1C(N)C1CCC(C)CC1. The second-order valence-electron chi connectivity index (χ2n) is 5.43. The van der Waals surface area contributed by atoms with Crippen LogP contribution in [0.1, 0.15) is 44.2 Å². The third kappa shape index (κ3) is 3.07. The Bertz CT molecular complexity index is 399. The summed E-state index contributed by atoms with van der Waals surface area (Å²) < 4.78 is 6.48. The zero-order valence-corrected chi connectivity index (χ0v) is 12.7. The predicted molar refractivity (Wildman–Crippen MR) is 78.7 cm³/mol. The third-order valence-electron chi connectivity index (χ3n) is 4.12. The van der Waals surface area contributed by atoms with Gasteiger partial charge in [0.2, 0.25) is 0 Å². The van der Waals surface area contributed by atoms with Gasteiger partial charge in [0.05, 0.1) is 7.11 Å². The van der Waals surface area contributed by atoms with E-state index >= 15 is 0 Å². The minimum Gasteiger partial charge on any atom is -0.496 e. The molecule has 0 heterocycles. The molecule has 0 bridgehead atoms. The van der Waals surface area contributed by atoms with E-state index in [9.17, 15) is 0 Å². The number of ether oxygens (including phenoxy) is 1. The minimum atomic E-state index is 0.0977. The zero-order chi connectivity index (χ0) is 13.1. The average Bonchev–Trinajstić information content (AvgIpc) is 2.38. The maximum atomic E-state index is 6.45.